The second kappa shape index (κ2) is 9.43. The molecule has 0 saturated carbocycles. The maximum Gasteiger partial charge on any atom is 0.416 e. The van der Waals surface area contributed by atoms with Crippen LogP contribution in [0.25, 0.3) is 10.2 Å². The number of thiazole rings is 1. The Morgan fingerprint density at radius 1 is 1.28 bits per heavy atom. The third-order valence-corrected chi connectivity index (χ3v) is 4.90. The molecule has 1 amide bonds. The van der Waals surface area contributed by atoms with Crippen LogP contribution in [0.2, 0.25) is 5.02 Å². The number of anilines is 1. The number of benzene rings is 2. The van der Waals surface area contributed by atoms with Crippen LogP contribution in [-0.4, -0.2) is 22.5 Å². The number of aromatic hydroxyl groups is 1. The number of carbonyl (C=O) groups is 1. The topological polar surface area (TPSA) is 88.2 Å². The molecule has 10 heteroatoms. The molecule has 1 aromatic heterocycles. The molecule has 0 aliphatic carbocycles. The number of nitrogens with zero attached hydrogens (tertiary/aromatic N) is 1. The summed E-state index contributed by atoms with van der Waals surface area (Å²) < 4.78 is 38.7. The molecular weight excluding hydrogens is 427 g/mol. The quantitative estimate of drug-likeness (QED) is 0.498. The molecular formula is C19H19ClF3N3O2S. The van der Waals surface area contributed by atoms with E-state index in [0.717, 1.165) is 23.5 Å². The lowest BCUT2D eigenvalue weighted by atomic mass is 10.1. The number of alkyl halides is 3. The number of amides is 1. The van der Waals surface area contributed by atoms with Crippen molar-refractivity contribution in [2.45, 2.75) is 26.4 Å². The minimum Gasteiger partial charge on any atom is -0.507 e. The second-order valence-corrected chi connectivity index (χ2v) is 7.12. The van der Waals surface area contributed by atoms with Crippen LogP contribution in [0.4, 0.5) is 18.3 Å². The molecule has 3 rings (SSSR count). The van der Waals surface area contributed by atoms with Crippen molar-refractivity contribution in [1.82, 2.24) is 4.98 Å². The molecule has 3 aromatic rings. The van der Waals surface area contributed by atoms with Gasteiger partial charge in [0.2, 0.25) is 0 Å². The number of phenols is 1. The summed E-state index contributed by atoms with van der Waals surface area (Å²) in [6.07, 6.45) is -4.14. The summed E-state index contributed by atoms with van der Waals surface area (Å²) >= 11 is 6.88. The Morgan fingerprint density at radius 3 is 2.59 bits per heavy atom. The van der Waals surface area contributed by atoms with Gasteiger partial charge in [-0.3, -0.25) is 10.1 Å². The molecule has 0 atom stereocenters. The lowest BCUT2D eigenvalue weighted by Crippen LogP contribution is -2.13. The number of phenolic OH excluding ortho intramolecular Hbond substituents is 1. The van der Waals surface area contributed by atoms with Crippen molar-refractivity contribution in [2.75, 3.05) is 11.9 Å². The van der Waals surface area contributed by atoms with E-state index < -0.39 is 17.6 Å². The van der Waals surface area contributed by atoms with Gasteiger partial charge >= 0.3 is 6.18 Å². The van der Waals surface area contributed by atoms with Crippen molar-refractivity contribution in [3.8, 4) is 5.75 Å². The highest BCUT2D eigenvalue weighted by atomic mass is 35.5. The van der Waals surface area contributed by atoms with Crippen LogP contribution in [0.5, 0.6) is 5.75 Å². The summed E-state index contributed by atoms with van der Waals surface area (Å²) in [6.45, 7) is 4.26. The number of hydrogen-bond acceptors (Lipinski definition) is 5. The first-order valence-corrected chi connectivity index (χ1v) is 9.89. The zero-order valence-electron chi connectivity index (χ0n) is 15.6. The SMILES string of the molecule is CC.NCCc1cc(Cl)cc(C(=O)Nc2nc3ccc(C(F)(F)F)cc3s2)c1O. The van der Waals surface area contributed by atoms with Gasteiger partial charge in [0.05, 0.1) is 21.3 Å². The number of fused-ring (bicyclic) bond motifs is 1. The molecule has 0 spiro atoms. The van der Waals surface area contributed by atoms with Gasteiger partial charge in [-0.1, -0.05) is 36.8 Å². The summed E-state index contributed by atoms with van der Waals surface area (Å²) in [5.41, 5.74) is 5.35. The third-order valence-electron chi connectivity index (χ3n) is 3.75. The van der Waals surface area contributed by atoms with Crippen molar-refractivity contribution < 1.29 is 23.1 Å². The number of nitrogens with one attached hydrogen (secondary N) is 1. The highest BCUT2D eigenvalue weighted by Gasteiger charge is 2.30. The monoisotopic (exact) mass is 445 g/mol. The van der Waals surface area contributed by atoms with Gasteiger partial charge in [0, 0.05) is 5.02 Å². The van der Waals surface area contributed by atoms with Gasteiger partial charge in [0.25, 0.3) is 5.91 Å². The molecule has 4 N–H and O–H groups in total. The molecule has 0 radical (unpaired) electrons. The minimum absolute atomic E-state index is 0.0683. The average molecular weight is 446 g/mol. The molecule has 0 fully saturated rings. The molecule has 0 aliphatic heterocycles. The van der Waals surface area contributed by atoms with E-state index in [2.05, 4.69) is 10.3 Å². The van der Waals surface area contributed by atoms with Gasteiger partial charge in [-0.25, -0.2) is 4.98 Å². The smallest absolute Gasteiger partial charge is 0.416 e. The van der Waals surface area contributed by atoms with Crippen LogP contribution in [-0.2, 0) is 12.6 Å². The summed E-state index contributed by atoms with van der Waals surface area (Å²) in [7, 11) is 0. The van der Waals surface area contributed by atoms with Gasteiger partial charge in [-0.15, -0.1) is 0 Å². The van der Waals surface area contributed by atoms with Crippen LogP contribution in [0, 0.1) is 0 Å². The lowest BCUT2D eigenvalue weighted by molar-refractivity contribution is -0.137. The Balaban J connectivity index is 0.00000145. The fraction of sp³-hybridized carbons (Fsp3) is 0.263. The average Bonchev–Trinajstić information content (AvgIpc) is 3.06. The number of carbonyl (C=O) groups excluding carboxylic acids is 1. The number of aromatic nitrogens is 1. The van der Waals surface area contributed by atoms with E-state index in [1.165, 1.54) is 18.2 Å². The largest absolute Gasteiger partial charge is 0.507 e. The summed E-state index contributed by atoms with van der Waals surface area (Å²) in [5.74, 6) is -0.925. The van der Waals surface area contributed by atoms with Crippen molar-refractivity contribution >= 4 is 44.2 Å². The Morgan fingerprint density at radius 2 is 1.97 bits per heavy atom. The zero-order valence-corrected chi connectivity index (χ0v) is 17.2. The van der Waals surface area contributed by atoms with Gasteiger partial charge < -0.3 is 10.8 Å². The van der Waals surface area contributed by atoms with E-state index in [1.54, 1.807) is 0 Å². The first-order chi connectivity index (χ1) is 13.7. The van der Waals surface area contributed by atoms with Gasteiger partial charge in [-0.2, -0.15) is 13.2 Å². The van der Waals surface area contributed by atoms with Crippen molar-refractivity contribution in [3.05, 3.63) is 52.0 Å². The predicted octanol–water partition coefficient (Wildman–Crippen LogP) is 5.45. The van der Waals surface area contributed by atoms with Gasteiger partial charge in [0.1, 0.15) is 5.75 Å². The van der Waals surface area contributed by atoms with Gasteiger partial charge in [0.15, 0.2) is 5.13 Å². The summed E-state index contributed by atoms with van der Waals surface area (Å²) in [6, 6.07) is 5.94. The Kier molecular flexibility index (Phi) is 7.45. The van der Waals surface area contributed by atoms with Crippen molar-refractivity contribution in [1.29, 1.82) is 0 Å². The molecule has 0 aliphatic rings. The maximum atomic E-state index is 12.8. The highest BCUT2D eigenvalue weighted by Crippen LogP contribution is 2.35. The predicted molar refractivity (Wildman–Crippen MR) is 110 cm³/mol. The fourth-order valence-corrected chi connectivity index (χ4v) is 3.63. The van der Waals surface area contributed by atoms with E-state index in [1.807, 2.05) is 13.8 Å². The standard InChI is InChI=1S/C17H13ClF3N3O2S.C2H6/c18-10-5-8(3-4-22)14(25)11(7-10)15(26)24-16-23-12-2-1-9(17(19,20)21)6-13(12)27-16;1-2/h1-2,5-7,25H,3-4,22H2,(H,23,24,26);1-2H3. The van der Waals surface area contributed by atoms with Crippen molar-refractivity contribution in [3.63, 3.8) is 0 Å². The van der Waals surface area contributed by atoms with E-state index in [9.17, 15) is 23.1 Å². The number of nitrogens with two attached hydrogens (primary N) is 1. The lowest BCUT2D eigenvalue weighted by Gasteiger charge is -2.09. The molecule has 29 heavy (non-hydrogen) atoms. The first kappa shape index (κ1) is 22.9. The van der Waals surface area contributed by atoms with E-state index >= 15 is 0 Å². The van der Waals surface area contributed by atoms with Crippen molar-refractivity contribution in [2.24, 2.45) is 5.73 Å². The van der Waals surface area contributed by atoms with Crippen LogP contribution in [0.1, 0.15) is 35.3 Å². The zero-order chi connectivity index (χ0) is 21.8. The fourth-order valence-electron chi connectivity index (χ4n) is 2.49. The van der Waals surface area contributed by atoms with Crippen LogP contribution in [0.3, 0.4) is 0 Å². The van der Waals surface area contributed by atoms with Crippen LogP contribution >= 0.6 is 22.9 Å². The number of hydrogen-bond donors (Lipinski definition) is 3. The highest BCUT2D eigenvalue weighted by molar-refractivity contribution is 7.22. The number of rotatable bonds is 4. The Hall–Kier alpha value is -2.36. The van der Waals surface area contributed by atoms with Crippen LogP contribution < -0.4 is 11.1 Å². The molecule has 1 heterocycles. The molecule has 5 nitrogen and oxygen atoms in total. The van der Waals surface area contributed by atoms with E-state index in [0.29, 0.717) is 17.5 Å². The molecule has 0 saturated heterocycles. The molecule has 156 valence electrons. The minimum atomic E-state index is -4.46. The maximum absolute atomic E-state index is 12.8. The van der Waals surface area contributed by atoms with Crippen LogP contribution in [0.15, 0.2) is 30.3 Å². The third kappa shape index (κ3) is 5.37. The van der Waals surface area contributed by atoms with E-state index in [4.69, 9.17) is 17.3 Å². The van der Waals surface area contributed by atoms with E-state index in [-0.39, 0.29) is 32.7 Å². The van der Waals surface area contributed by atoms with Gasteiger partial charge in [-0.05, 0) is 48.9 Å². The summed E-state index contributed by atoms with van der Waals surface area (Å²) in [4.78, 5) is 16.6. The normalized spacial score (nSPS) is 11.1. The summed E-state index contributed by atoms with van der Waals surface area (Å²) in [5, 5.41) is 13.1. The second-order valence-electron chi connectivity index (χ2n) is 5.65. The molecule has 0 bridgehead atoms. The molecule has 0 unspecified atom stereocenters. The molecule has 2 aromatic carbocycles. The number of halogens is 4. The Labute approximate surface area is 174 Å². The first-order valence-electron chi connectivity index (χ1n) is 8.69. The Bertz CT molecular complexity index is 1020.